The van der Waals surface area contributed by atoms with Crippen molar-refractivity contribution in [1.29, 1.82) is 0 Å². The Morgan fingerprint density at radius 3 is 2.90 bits per heavy atom. The lowest BCUT2D eigenvalue weighted by Gasteiger charge is -2.33. The van der Waals surface area contributed by atoms with E-state index >= 15 is 0 Å². The number of hydrogen-bond acceptors (Lipinski definition) is 6. The van der Waals surface area contributed by atoms with E-state index in [0.29, 0.717) is 0 Å². The number of carbonyl (C=O) groups is 2. The summed E-state index contributed by atoms with van der Waals surface area (Å²) < 4.78 is 15.1. The fraction of sp³-hybridized carbons (Fsp3) is 0.429. The highest BCUT2D eigenvalue weighted by molar-refractivity contribution is 5.94. The predicted octanol–water partition coefficient (Wildman–Crippen LogP) is 1.31. The van der Waals surface area contributed by atoms with Crippen LogP contribution in [-0.2, 0) is 14.3 Å². The molecule has 6 heteroatoms. The molecular weight excluding hydrogens is 264 g/mol. The second kappa shape index (κ2) is 5.60. The Kier molecular flexibility index (Phi) is 4.06. The van der Waals surface area contributed by atoms with Gasteiger partial charge in [-0.3, -0.25) is 4.79 Å². The van der Waals surface area contributed by atoms with Gasteiger partial charge >= 0.3 is 5.97 Å². The van der Waals surface area contributed by atoms with E-state index in [2.05, 4.69) is 0 Å². The van der Waals surface area contributed by atoms with E-state index in [1.165, 1.54) is 24.5 Å². The van der Waals surface area contributed by atoms with Gasteiger partial charge in [0, 0.05) is 0 Å². The summed E-state index contributed by atoms with van der Waals surface area (Å²) >= 11 is 0. The number of esters is 1. The van der Waals surface area contributed by atoms with Gasteiger partial charge in [0.25, 0.3) is 0 Å². The second-order valence-corrected chi connectivity index (χ2v) is 4.92. The Morgan fingerprint density at radius 2 is 2.30 bits per heavy atom. The minimum atomic E-state index is -1.80. The lowest BCUT2D eigenvalue weighted by atomic mass is 9.99. The zero-order valence-corrected chi connectivity index (χ0v) is 11.2. The molecule has 1 aromatic heterocycles. The molecule has 108 valence electrons. The van der Waals surface area contributed by atoms with Crippen molar-refractivity contribution in [3.63, 3.8) is 0 Å². The maximum Gasteiger partial charge on any atom is 0.374 e. The van der Waals surface area contributed by atoms with E-state index in [4.69, 9.17) is 13.9 Å². The smallest absolute Gasteiger partial charge is 0.374 e. The van der Waals surface area contributed by atoms with Gasteiger partial charge in [-0.25, -0.2) is 4.79 Å². The number of carbonyl (C=O) groups excluding carboxylic acids is 2. The van der Waals surface area contributed by atoms with Gasteiger partial charge in [0.2, 0.25) is 11.5 Å². The summed E-state index contributed by atoms with van der Waals surface area (Å²) in [5, 5.41) is 10.2. The molecule has 0 bridgehead atoms. The van der Waals surface area contributed by atoms with E-state index in [-0.39, 0.29) is 17.5 Å². The predicted molar refractivity (Wildman–Crippen MR) is 67.8 cm³/mol. The van der Waals surface area contributed by atoms with E-state index in [9.17, 15) is 14.7 Å². The molecule has 0 radical (unpaired) electrons. The van der Waals surface area contributed by atoms with Crippen LogP contribution >= 0.6 is 0 Å². The first-order valence-corrected chi connectivity index (χ1v) is 6.25. The lowest BCUT2D eigenvalue weighted by Crippen LogP contribution is -2.47. The van der Waals surface area contributed by atoms with Crippen LogP contribution in [0.15, 0.2) is 35.0 Å². The third kappa shape index (κ3) is 3.15. The maximum atomic E-state index is 11.6. The van der Waals surface area contributed by atoms with Crippen LogP contribution in [0.5, 0.6) is 0 Å². The molecular formula is C14H16O6. The summed E-state index contributed by atoms with van der Waals surface area (Å²) in [7, 11) is 0. The van der Waals surface area contributed by atoms with Gasteiger partial charge in [-0.05, 0) is 30.2 Å². The number of hydrogen-bond donors (Lipinski definition) is 1. The minimum Gasteiger partial charge on any atom is -0.457 e. The number of furan rings is 1. The van der Waals surface area contributed by atoms with Crippen LogP contribution in [-0.4, -0.2) is 35.4 Å². The van der Waals surface area contributed by atoms with Crippen molar-refractivity contribution in [3.8, 4) is 0 Å². The molecule has 0 amide bonds. The van der Waals surface area contributed by atoms with Gasteiger partial charge in [0.1, 0.15) is 12.7 Å². The molecule has 0 spiro atoms. The maximum absolute atomic E-state index is 11.6. The van der Waals surface area contributed by atoms with Crippen LogP contribution in [0.1, 0.15) is 24.4 Å². The second-order valence-electron chi connectivity index (χ2n) is 4.92. The molecule has 2 atom stereocenters. The van der Waals surface area contributed by atoms with Crippen LogP contribution in [0.25, 0.3) is 0 Å². The van der Waals surface area contributed by atoms with E-state index < -0.39 is 24.5 Å². The monoisotopic (exact) mass is 280 g/mol. The molecule has 0 aliphatic carbocycles. The lowest BCUT2D eigenvalue weighted by molar-refractivity contribution is -0.225. The molecule has 0 saturated heterocycles. The molecule has 2 rings (SSSR count). The Bertz CT molecular complexity index is 516. The first-order chi connectivity index (χ1) is 9.41. The van der Waals surface area contributed by atoms with Crippen LogP contribution in [0.3, 0.4) is 0 Å². The van der Waals surface area contributed by atoms with Crippen LogP contribution in [0.2, 0.25) is 0 Å². The molecule has 1 aromatic rings. The minimum absolute atomic E-state index is 0.0323. The van der Waals surface area contributed by atoms with Crippen LogP contribution < -0.4 is 0 Å². The standard InChI is InChI=1S/C14H16O6/c1-9(2)12-10(15)5-6-14(17,20-12)8-19-13(16)11-4-3-7-18-11/h3-7,9,12,17H,8H2,1-2H3. The van der Waals surface area contributed by atoms with Crippen molar-refractivity contribution >= 4 is 11.8 Å². The summed E-state index contributed by atoms with van der Waals surface area (Å²) in [5.41, 5.74) is 0. The quantitative estimate of drug-likeness (QED) is 0.837. The molecule has 0 saturated carbocycles. The van der Waals surface area contributed by atoms with Gasteiger partial charge in [-0.1, -0.05) is 13.8 Å². The zero-order chi connectivity index (χ0) is 14.8. The molecule has 2 heterocycles. The van der Waals surface area contributed by atoms with Crippen molar-refractivity contribution in [2.45, 2.75) is 25.7 Å². The third-order valence-corrected chi connectivity index (χ3v) is 2.86. The third-order valence-electron chi connectivity index (χ3n) is 2.86. The van der Waals surface area contributed by atoms with Crippen molar-refractivity contribution in [3.05, 3.63) is 36.3 Å². The Morgan fingerprint density at radius 1 is 1.55 bits per heavy atom. The summed E-state index contributed by atoms with van der Waals surface area (Å²) in [6.45, 7) is 3.19. The highest BCUT2D eigenvalue weighted by Crippen LogP contribution is 2.23. The Hall–Kier alpha value is -1.92. The molecule has 0 aromatic carbocycles. The number of ether oxygens (including phenoxy) is 2. The van der Waals surface area contributed by atoms with Crippen molar-refractivity contribution in [1.82, 2.24) is 0 Å². The molecule has 6 nitrogen and oxygen atoms in total. The van der Waals surface area contributed by atoms with Crippen molar-refractivity contribution in [2.24, 2.45) is 5.92 Å². The largest absolute Gasteiger partial charge is 0.457 e. The average Bonchev–Trinajstić information content (AvgIpc) is 2.93. The molecule has 2 unspecified atom stereocenters. The summed E-state index contributed by atoms with van der Waals surface area (Å²) in [6, 6.07) is 3.00. The fourth-order valence-electron chi connectivity index (χ4n) is 1.81. The number of ketones is 1. The number of rotatable bonds is 4. The normalized spacial score (nSPS) is 26.0. The van der Waals surface area contributed by atoms with Crippen LogP contribution in [0.4, 0.5) is 0 Å². The zero-order valence-electron chi connectivity index (χ0n) is 11.2. The average molecular weight is 280 g/mol. The Balaban J connectivity index is 2.00. The van der Waals surface area contributed by atoms with Crippen molar-refractivity contribution in [2.75, 3.05) is 6.61 Å². The van der Waals surface area contributed by atoms with Gasteiger partial charge in [-0.2, -0.15) is 0 Å². The topological polar surface area (TPSA) is 86.0 Å². The molecule has 1 N–H and O–H groups in total. The fourth-order valence-corrected chi connectivity index (χ4v) is 1.81. The molecule has 0 fully saturated rings. The van der Waals surface area contributed by atoms with Crippen molar-refractivity contribution < 1.29 is 28.6 Å². The first kappa shape index (κ1) is 14.5. The highest BCUT2D eigenvalue weighted by atomic mass is 16.7. The SMILES string of the molecule is CC(C)C1OC(O)(COC(=O)c2ccco2)C=CC1=O. The van der Waals surface area contributed by atoms with E-state index in [0.717, 1.165) is 0 Å². The van der Waals surface area contributed by atoms with Gasteiger partial charge in [-0.15, -0.1) is 0 Å². The number of aliphatic hydroxyl groups is 1. The van der Waals surface area contributed by atoms with E-state index in [1.807, 2.05) is 0 Å². The van der Waals surface area contributed by atoms with Crippen LogP contribution in [0, 0.1) is 5.92 Å². The summed E-state index contributed by atoms with van der Waals surface area (Å²) in [6.07, 6.45) is 3.02. The molecule has 20 heavy (non-hydrogen) atoms. The Labute approximate surface area is 116 Å². The summed E-state index contributed by atoms with van der Waals surface area (Å²) in [4.78, 5) is 23.2. The highest BCUT2D eigenvalue weighted by Gasteiger charge is 2.38. The molecule has 1 aliphatic heterocycles. The van der Waals surface area contributed by atoms with Gasteiger partial charge < -0.3 is 19.0 Å². The van der Waals surface area contributed by atoms with Gasteiger partial charge in [0.15, 0.2) is 5.78 Å². The summed E-state index contributed by atoms with van der Waals surface area (Å²) in [5.74, 6) is -2.80. The van der Waals surface area contributed by atoms with E-state index in [1.54, 1.807) is 19.9 Å². The molecule has 1 aliphatic rings. The first-order valence-electron chi connectivity index (χ1n) is 6.25. The van der Waals surface area contributed by atoms with Gasteiger partial charge in [0.05, 0.1) is 6.26 Å².